The number of benzene rings is 1. The summed E-state index contributed by atoms with van der Waals surface area (Å²) in [6, 6.07) is 7.10. The Hall–Kier alpha value is -2.87. The molecule has 2 aliphatic carbocycles. The summed E-state index contributed by atoms with van der Waals surface area (Å²) in [5, 5.41) is 3.66. The third kappa shape index (κ3) is 3.66. The fourth-order valence-electron chi connectivity index (χ4n) is 4.97. The van der Waals surface area contributed by atoms with Gasteiger partial charge in [-0.3, -0.25) is 14.2 Å². The van der Waals surface area contributed by atoms with E-state index >= 15 is 0 Å². The molecule has 8 heteroatoms. The van der Waals surface area contributed by atoms with Crippen LogP contribution >= 0.6 is 11.3 Å². The number of methoxy groups -OCH3 is 1. The number of nitrogens with zero attached hydrogens (tertiary/aromatic N) is 2. The Kier molecular flexibility index (Phi) is 5.63. The lowest BCUT2D eigenvalue weighted by Crippen LogP contribution is -2.43. The molecule has 0 unspecified atom stereocenters. The molecule has 2 aromatic heterocycles. The first-order chi connectivity index (χ1) is 15.6. The average molecular weight is 454 g/mol. The van der Waals surface area contributed by atoms with Crippen molar-refractivity contribution in [3.05, 3.63) is 55.5 Å². The lowest BCUT2D eigenvalue weighted by molar-refractivity contribution is -0.122. The van der Waals surface area contributed by atoms with Gasteiger partial charge in [-0.2, -0.15) is 0 Å². The SMILES string of the molecule is COc1cccc(-n2c(=O)c3c4c(sc3n(CC(=O)NC3CCCC3)c2=O)CCCC4)c1. The molecule has 0 saturated heterocycles. The number of carbonyl (C=O) groups is 1. The van der Waals surface area contributed by atoms with E-state index in [1.807, 2.05) is 0 Å². The molecule has 7 nitrogen and oxygen atoms in total. The van der Waals surface area contributed by atoms with Crippen LogP contribution in [0.1, 0.15) is 49.0 Å². The average Bonchev–Trinajstić information content (AvgIpc) is 3.44. The molecule has 2 aliphatic rings. The first kappa shape index (κ1) is 21.0. The lowest BCUT2D eigenvalue weighted by Gasteiger charge is -2.15. The molecule has 32 heavy (non-hydrogen) atoms. The largest absolute Gasteiger partial charge is 0.497 e. The molecule has 168 valence electrons. The van der Waals surface area contributed by atoms with Crippen LogP contribution in [0.15, 0.2) is 33.9 Å². The number of thiophene rings is 1. The Labute approximate surface area is 189 Å². The zero-order chi connectivity index (χ0) is 22.2. The van der Waals surface area contributed by atoms with Gasteiger partial charge in [-0.1, -0.05) is 18.9 Å². The highest BCUT2D eigenvalue weighted by molar-refractivity contribution is 7.18. The molecule has 1 amide bonds. The number of aromatic nitrogens is 2. The van der Waals surface area contributed by atoms with Crippen molar-refractivity contribution in [1.82, 2.24) is 14.5 Å². The van der Waals surface area contributed by atoms with Gasteiger partial charge in [-0.05, 0) is 56.2 Å². The van der Waals surface area contributed by atoms with E-state index in [0.29, 0.717) is 21.7 Å². The second-order valence-corrected chi connectivity index (χ2v) is 9.73. The molecule has 0 bridgehead atoms. The van der Waals surface area contributed by atoms with Crippen LogP contribution in [0.5, 0.6) is 5.75 Å². The number of fused-ring (bicyclic) bond motifs is 3. The number of amides is 1. The van der Waals surface area contributed by atoms with E-state index in [1.165, 1.54) is 20.5 Å². The number of aryl methyl sites for hydroxylation is 2. The molecule has 5 rings (SSSR count). The number of nitrogens with one attached hydrogen (secondary N) is 1. The summed E-state index contributed by atoms with van der Waals surface area (Å²) >= 11 is 1.50. The number of carbonyl (C=O) groups excluding carboxylic acids is 1. The summed E-state index contributed by atoms with van der Waals surface area (Å²) in [7, 11) is 1.55. The van der Waals surface area contributed by atoms with Crippen LogP contribution in [0.25, 0.3) is 15.9 Å². The van der Waals surface area contributed by atoms with Crippen molar-refractivity contribution >= 4 is 27.5 Å². The van der Waals surface area contributed by atoms with Crippen molar-refractivity contribution in [3.63, 3.8) is 0 Å². The van der Waals surface area contributed by atoms with Crippen LogP contribution in [0.3, 0.4) is 0 Å². The van der Waals surface area contributed by atoms with Gasteiger partial charge in [-0.15, -0.1) is 11.3 Å². The van der Waals surface area contributed by atoms with Gasteiger partial charge in [0.05, 0.1) is 18.2 Å². The number of hydrogen-bond donors (Lipinski definition) is 1. The Balaban J connectivity index is 1.69. The van der Waals surface area contributed by atoms with Crippen molar-refractivity contribution < 1.29 is 9.53 Å². The molecule has 1 N–H and O–H groups in total. The van der Waals surface area contributed by atoms with Crippen molar-refractivity contribution in [1.29, 1.82) is 0 Å². The highest BCUT2D eigenvalue weighted by atomic mass is 32.1. The fraction of sp³-hybridized carbons (Fsp3) is 0.458. The quantitative estimate of drug-likeness (QED) is 0.643. The molecule has 1 saturated carbocycles. The van der Waals surface area contributed by atoms with Crippen LogP contribution in [-0.4, -0.2) is 28.2 Å². The molecule has 1 fully saturated rings. The second kappa shape index (κ2) is 8.58. The molecule has 0 aliphatic heterocycles. The van der Waals surface area contributed by atoms with Gasteiger partial charge < -0.3 is 10.1 Å². The zero-order valence-corrected chi connectivity index (χ0v) is 19.0. The maximum atomic E-state index is 13.6. The third-order valence-electron chi connectivity index (χ3n) is 6.57. The highest BCUT2D eigenvalue weighted by Gasteiger charge is 2.26. The van der Waals surface area contributed by atoms with E-state index in [1.54, 1.807) is 31.4 Å². The molecule has 3 aromatic rings. The summed E-state index contributed by atoms with van der Waals surface area (Å²) in [5.74, 6) is 0.384. The van der Waals surface area contributed by atoms with Crippen LogP contribution in [-0.2, 0) is 24.2 Å². The Bertz CT molecular complexity index is 1300. The van der Waals surface area contributed by atoms with E-state index in [-0.39, 0.29) is 24.1 Å². The summed E-state index contributed by atoms with van der Waals surface area (Å²) in [4.78, 5) is 41.9. The van der Waals surface area contributed by atoms with E-state index in [9.17, 15) is 14.4 Å². The van der Waals surface area contributed by atoms with E-state index in [2.05, 4.69) is 5.32 Å². The minimum Gasteiger partial charge on any atom is -0.497 e. The first-order valence-electron chi connectivity index (χ1n) is 11.3. The molecule has 2 heterocycles. The van der Waals surface area contributed by atoms with Crippen LogP contribution < -0.4 is 21.3 Å². The molecule has 0 spiro atoms. The smallest absolute Gasteiger partial charge is 0.337 e. The van der Waals surface area contributed by atoms with Crippen LogP contribution in [0, 0.1) is 0 Å². The van der Waals surface area contributed by atoms with Crippen LogP contribution in [0.2, 0.25) is 0 Å². The number of hydrogen-bond acceptors (Lipinski definition) is 5. The first-order valence-corrected chi connectivity index (χ1v) is 12.1. The van der Waals surface area contributed by atoms with Crippen molar-refractivity contribution in [3.8, 4) is 11.4 Å². The fourth-order valence-corrected chi connectivity index (χ4v) is 6.34. The Morgan fingerprint density at radius 1 is 1.16 bits per heavy atom. The van der Waals surface area contributed by atoms with Gasteiger partial charge in [-0.25, -0.2) is 9.36 Å². The topological polar surface area (TPSA) is 82.3 Å². The van der Waals surface area contributed by atoms with Gasteiger partial charge >= 0.3 is 5.69 Å². The second-order valence-electron chi connectivity index (χ2n) is 8.65. The summed E-state index contributed by atoms with van der Waals surface area (Å²) in [6.07, 6.45) is 8.04. The van der Waals surface area contributed by atoms with Gasteiger partial charge in [0, 0.05) is 17.0 Å². The molecule has 0 atom stereocenters. The van der Waals surface area contributed by atoms with Gasteiger partial charge in [0.2, 0.25) is 5.91 Å². The Morgan fingerprint density at radius 2 is 1.94 bits per heavy atom. The minimum absolute atomic E-state index is 0.0878. The van der Waals surface area contributed by atoms with Gasteiger partial charge in [0.1, 0.15) is 17.1 Å². The van der Waals surface area contributed by atoms with Crippen molar-refractivity contribution in [2.45, 2.75) is 64.0 Å². The standard InChI is InChI=1S/C24H27N3O4S/c1-31-17-10-6-9-16(13-17)27-22(29)21-18-11-4-5-12-19(18)32-23(21)26(24(27)30)14-20(28)25-15-7-2-3-8-15/h6,9-10,13,15H,2-5,7-8,11-12,14H2,1H3,(H,25,28). The third-order valence-corrected chi connectivity index (χ3v) is 7.89. The van der Waals surface area contributed by atoms with Crippen molar-refractivity contribution in [2.24, 2.45) is 0 Å². The Morgan fingerprint density at radius 3 is 2.72 bits per heavy atom. The van der Waals surface area contributed by atoms with Crippen LogP contribution in [0.4, 0.5) is 0 Å². The molecular weight excluding hydrogens is 426 g/mol. The predicted octanol–water partition coefficient (Wildman–Crippen LogP) is 3.16. The maximum absolute atomic E-state index is 13.6. The number of rotatable bonds is 5. The van der Waals surface area contributed by atoms with E-state index < -0.39 is 5.69 Å². The van der Waals surface area contributed by atoms with Gasteiger partial charge in [0.25, 0.3) is 5.56 Å². The van der Waals surface area contributed by atoms with E-state index in [4.69, 9.17) is 4.74 Å². The molecular formula is C24H27N3O4S. The van der Waals surface area contributed by atoms with Gasteiger partial charge in [0.15, 0.2) is 0 Å². The molecule has 1 aromatic carbocycles. The lowest BCUT2D eigenvalue weighted by atomic mass is 9.97. The molecule has 0 radical (unpaired) electrons. The normalized spacial score (nSPS) is 16.3. The maximum Gasteiger partial charge on any atom is 0.337 e. The summed E-state index contributed by atoms with van der Waals surface area (Å²) in [5.41, 5.74) is 0.686. The van der Waals surface area contributed by atoms with Crippen molar-refractivity contribution in [2.75, 3.05) is 7.11 Å². The summed E-state index contributed by atoms with van der Waals surface area (Å²) in [6.45, 7) is -0.0878. The minimum atomic E-state index is -0.490. The van der Waals surface area contributed by atoms with E-state index in [0.717, 1.165) is 61.8 Å². The monoisotopic (exact) mass is 453 g/mol. The predicted molar refractivity (Wildman–Crippen MR) is 125 cm³/mol. The number of ether oxygens (including phenoxy) is 1. The highest BCUT2D eigenvalue weighted by Crippen LogP contribution is 2.34. The summed E-state index contributed by atoms with van der Waals surface area (Å²) < 4.78 is 7.98. The zero-order valence-electron chi connectivity index (χ0n) is 18.2.